The van der Waals surface area contributed by atoms with Gasteiger partial charge in [-0.2, -0.15) is 0 Å². The van der Waals surface area contributed by atoms with E-state index in [1.807, 2.05) is 0 Å². The maximum Gasteiger partial charge on any atom is 0.305 e. The molecule has 0 aromatic rings. The van der Waals surface area contributed by atoms with Crippen LogP contribution in [-0.2, 0) is 9.53 Å². The van der Waals surface area contributed by atoms with Gasteiger partial charge in [0.05, 0.1) is 0 Å². The van der Waals surface area contributed by atoms with Crippen molar-refractivity contribution >= 4 is 21.9 Å². The van der Waals surface area contributed by atoms with Gasteiger partial charge >= 0.3 is 5.97 Å². The average molecular weight is 815 g/mol. The first kappa shape index (κ1) is 55.0. The molecule has 0 rings (SSSR count). The second-order valence-electron chi connectivity index (χ2n) is 16.7. The van der Waals surface area contributed by atoms with Crippen LogP contribution in [0.3, 0.4) is 0 Å². The lowest BCUT2D eigenvalue weighted by atomic mass is 10.0. The number of esters is 1. The smallest absolute Gasteiger partial charge is 0.305 e. The van der Waals surface area contributed by atoms with Crippen LogP contribution in [-0.4, -0.2) is 23.9 Å². The van der Waals surface area contributed by atoms with Gasteiger partial charge in [-0.25, -0.2) is 0 Å². The van der Waals surface area contributed by atoms with Gasteiger partial charge in [0, 0.05) is 17.8 Å². The summed E-state index contributed by atoms with van der Waals surface area (Å²) in [6.07, 6.45) is 58.8. The molecule has 3 nitrogen and oxygen atoms in total. The van der Waals surface area contributed by atoms with E-state index in [-0.39, 0.29) is 5.97 Å². The topological polar surface area (TPSA) is 52.3 Å². The Labute approximate surface area is 344 Å². The summed E-state index contributed by atoms with van der Waals surface area (Å²) in [6.45, 7) is 7.61. The molecule has 0 aliphatic rings. The summed E-state index contributed by atoms with van der Waals surface area (Å²) in [5, 5.41) is 0. The van der Waals surface area contributed by atoms with Crippen molar-refractivity contribution in [1.29, 1.82) is 0 Å². The van der Waals surface area contributed by atoms with E-state index in [1.54, 1.807) is 0 Å². The molecule has 0 atom stereocenters. The first-order valence-corrected chi connectivity index (χ1v) is 25.5. The second-order valence-corrected chi connectivity index (χ2v) is 18.0. The van der Waals surface area contributed by atoms with Crippen LogP contribution >= 0.6 is 15.9 Å². The molecule has 0 saturated carbocycles. The number of hydrogen-bond donors (Lipinski definition) is 1. The van der Waals surface area contributed by atoms with Crippen LogP contribution in [0.5, 0.6) is 0 Å². The van der Waals surface area contributed by atoms with Crippen LogP contribution in [0.25, 0.3) is 0 Å². The van der Waals surface area contributed by atoms with Gasteiger partial charge in [-0.05, 0) is 19.3 Å². The summed E-state index contributed by atoms with van der Waals surface area (Å²) < 4.78 is 4.87. The van der Waals surface area contributed by atoms with Crippen molar-refractivity contribution in [2.45, 2.75) is 295 Å². The van der Waals surface area contributed by atoms with Crippen LogP contribution in [0.2, 0.25) is 0 Å². The molecular formula is C49H100BrNO2. The minimum Gasteiger partial charge on any atom is -0.464 e. The Morgan fingerprint density at radius 2 is 0.623 bits per heavy atom. The van der Waals surface area contributed by atoms with Crippen molar-refractivity contribution < 1.29 is 9.53 Å². The molecule has 0 bridgehead atoms. The van der Waals surface area contributed by atoms with E-state index < -0.39 is 0 Å². The van der Waals surface area contributed by atoms with E-state index in [0.29, 0.717) is 19.6 Å². The van der Waals surface area contributed by atoms with E-state index >= 15 is 0 Å². The maximum absolute atomic E-state index is 11.1. The number of rotatable bonds is 44. The fourth-order valence-electron chi connectivity index (χ4n) is 7.44. The molecule has 4 heteroatoms. The maximum atomic E-state index is 11.1. The molecule has 0 aliphatic carbocycles. The number of carbonyl (C=O) groups is 1. The molecule has 0 saturated heterocycles. The first-order chi connectivity index (χ1) is 26.1. The van der Waals surface area contributed by atoms with Crippen molar-refractivity contribution in [3.63, 3.8) is 0 Å². The van der Waals surface area contributed by atoms with Crippen molar-refractivity contribution in [3.8, 4) is 0 Å². The Hall–Kier alpha value is -0.0900. The SMILES string of the molecule is CCCCCCCCCC(=O)OCCN.CCCCCCCCCCCCCCCCCCC(Br)CCCCCCCCCCCCCCCCCC. The number of alkyl halides is 1. The van der Waals surface area contributed by atoms with E-state index in [1.165, 1.54) is 250 Å². The zero-order valence-electron chi connectivity index (χ0n) is 37.0. The molecule has 0 unspecified atom stereocenters. The number of hydrogen-bond acceptors (Lipinski definition) is 3. The van der Waals surface area contributed by atoms with Crippen molar-refractivity contribution in [1.82, 2.24) is 0 Å². The zero-order chi connectivity index (χ0) is 39.0. The van der Waals surface area contributed by atoms with Gasteiger partial charge in [0.25, 0.3) is 0 Å². The van der Waals surface area contributed by atoms with E-state index in [4.69, 9.17) is 10.5 Å². The number of ether oxygens (including phenoxy) is 1. The van der Waals surface area contributed by atoms with Crippen LogP contribution in [0.1, 0.15) is 290 Å². The summed E-state index contributed by atoms with van der Waals surface area (Å²) in [4.78, 5) is 11.8. The summed E-state index contributed by atoms with van der Waals surface area (Å²) in [6, 6.07) is 0. The highest BCUT2D eigenvalue weighted by Gasteiger charge is 2.04. The fraction of sp³-hybridized carbons (Fsp3) is 0.980. The van der Waals surface area contributed by atoms with Crippen LogP contribution in [0.4, 0.5) is 0 Å². The van der Waals surface area contributed by atoms with Crippen molar-refractivity contribution in [2.24, 2.45) is 5.73 Å². The molecule has 0 aliphatic heterocycles. The molecular weight excluding hydrogens is 714 g/mol. The van der Waals surface area contributed by atoms with Gasteiger partial charge < -0.3 is 10.5 Å². The molecule has 0 aromatic heterocycles. The Bertz CT molecular complexity index is 608. The molecule has 0 radical (unpaired) electrons. The molecule has 53 heavy (non-hydrogen) atoms. The summed E-state index contributed by atoms with van der Waals surface area (Å²) in [7, 11) is 0. The van der Waals surface area contributed by atoms with Gasteiger partial charge in [-0.1, -0.05) is 281 Å². The molecule has 320 valence electrons. The average Bonchev–Trinajstić information content (AvgIpc) is 3.16. The molecule has 0 aromatic carbocycles. The first-order valence-electron chi connectivity index (χ1n) is 24.6. The van der Waals surface area contributed by atoms with Gasteiger partial charge in [-0.15, -0.1) is 0 Å². The highest BCUT2D eigenvalue weighted by Crippen LogP contribution is 2.21. The predicted molar refractivity (Wildman–Crippen MR) is 244 cm³/mol. The summed E-state index contributed by atoms with van der Waals surface area (Å²) >= 11 is 3.97. The van der Waals surface area contributed by atoms with E-state index in [9.17, 15) is 4.79 Å². The standard InChI is InChI=1S/C37H75Br.C12H25NO2/c1-3-5-7-9-11-13-15-17-19-21-23-25-27-29-31-33-35-37(38)36-34-32-30-28-26-24-22-20-18-16-14-12-10-8-6-4-2;1-2-3-4-5-6-7-8-9-12(14)15-11-10-13/h37H,3-36H2,1-2H3;2-11,13H2,1H3. The summed E-state index contributed by atoms with van der Waals surface area (Å²) in [5.74, 6) is -0.103. The molecule has 0 spiro atoms. The Kier molecular flexibility index (Phi) is 53.9. The highest BCUT2D eigenvalue weighted by molar-refractivity contribution is 9.09. The second kappa shape index (κ2) is 51.9. The van der Waals surface area contributed by atoms with Crippen molar-refractivity contribution in [2.75, 3.05) is 13.2 Å². The normalized spacial score (nSPS) is 11.3. The Morgan fingerprint density at radius 1 is 0.396 bits per heavy atom. The van der Waals surface area contributed by atoms with Crippen molar-refractivity contribution in [3.05, 3.63) is 0 Å². The van der Waals surface area contributed by atoms with Gasteiger partial charge in [0.1, 0.15) is 6.61 Å². The van der Waals surface area contributed by atoms with Gasteiger partial charge in [-0.3, -0.25) is 4.79 Å². The fourth-order valence-corrected chi connectivity index (χ4v) is 8.09. The highest BCUT2D eigenvalue weighted by atomic mass is 79.9. The minimum atomic E-state index is -0.103. The third-order valence-corrected chi connectivity index (χ3v) is 12.0. The molecule has 2 N–H and O–H groups in total. The van der Waals surface area contributed by atoms with E-state index in [0.717, 1.165) is 17.7 Å². The molecule has 0 heterocycles. The lowest BCUT2D eigenvalue weighted by Crippen LogP contribution is -2.13. The monoisotopic (exact) mass is 814 g/mol. The third-order valence-electron chi connectivity index (χ3n) is 11.1. The largest absolute Gasteiger partial charge is 0.464 e. The quantitative estimate of drug-likeness (QED) is 0.0379. The molecule has 0 amide bonds. The Morgan fingerprint density at radius 3 is 0.868 bits per heavy atom. The minimum absolute atomic E-state index is 0.103. The van der Waals surface area contributed by atoms with Crippen LogP contribution in [0.15, 0.2) is 0 Å². The van der Waals surface area contributed by atoms with Gasteiger partial charge in [0.2, 0.25) is 0 Å². The number of halogens is 1. The van der Waals surface area contributed by atoms with Crippen LogP contribution in [0, 0.1) is 0 Å². The number of nitrogens with two attached hydrogens (primary N) is 1. The van der Waals surface area contributed by atoms with Crippen LogP contribution < -0.4 is 5.73 Å². The third kappa shape index (κ3) is 54.1. The number of carbonyl (C=O) groups excluding carboxylic acids is 1. The molecule has 0 fully saturated rings. The van der Waals surface area contributed by atoms with Gasteiger partial charge in [0.15, 0.2) is 0 Å². The number of unbranched alkanes of at least 4 members (excludes halogenated alkanes) is 36. The lowest BCUT2D eigenvalue weighted by Gasteiger charge is -2.09. The summed E-state index contributed by atoms with van der Waals surface area (Å²) in [5.41, 5.74) is 5.22. The Balaban J connectivity index is 0. The van der Waals surface area contributed by atoms with E-state index in [2.05, 4.69) is 36.7 Å². The lowest BCUT2D eigenvalue weighted by molar-refractivity contribution is -0.143. The predicted octanol–water partition coefficient (Wildman–Crippen LogP) is 17.7. The zero-order valence-corrected chi connectivity index (χ0v) is 38.5.